The Morgan fingerprint density at radius 2 is 2.00 bits per heavy atom. The predicted molar refractivity (Wildman–Crippen MR) is 78.1 cm³/mol. The number of fused-ring (bicyclic) bond motifs is 1. The Morgan fingerprint density at radius 1 is 1.30 bits per heavy atom. The molecule has 1 aliphatic rings. The maximum absolute atomic E-state index is 12.0. The van der Waals surface area contributed by atoms with E-state index in [1.54, 1.807) is 12.1 Å². The standard InChI is InChI=1S/C15H22N2O3/c1-10(2)8-12(16)15(18)17-11-4-5-13-14(9-11)20-7-3-6-19-13/h4-5,9-10,12H,3,6-8,16H2,1-2H3,(H,17,18)/t12-/m0/s1. The van der Waals surface area contributed by atoms with E-state index in [1.165, 1.54) is 0 Å². The van der Waals surface area contributed by atoms with Crippen molar-refractivity contribution < 1.29 is 14.3 Å². The van der Waals surface area contributed by atoms with Gasteiger partial charge in [-0.05, 0) is 24.5 Å². The summed E-state index contributed by atoms with van der Waals surface area (Å²) < 4.78 is 11.1. The van der Waals surface area contributed by atoms with Gasteiger partial charge in [0.05, 0.1) is 19.3 Å². The van der Waals surface area contributed by atoms with E-state index in [0.717, 1.165) is 6.42 Å². The third-order valence-corrected chi connectivity index (χ3v) is 3.08. The lowest BCUT2D eigenvalue weighted by atomic mass is 10.0. The van der Waals surface area contributed by atoms with Gasteiger partial charge < -0.3 is 20.5 Å². The molecule has 0 saturated heterocycles. The fourth-order valence-corrected chi connectivity index (χ4v) is 2.09. The van der Waals surface area contributed by atoms with E-state index >= 15 is 0 Å². The molecular weight excluding hydrogens is 256 g/mol. The van der Waals surface area contributed by atoms with E-state index in [1.807, 2.05) is 19.9 Å². The first kappa shape index (κ1) is 14.7. The summed E-state index contributed by atoms with van der Waals surface area (Å²) in [5, 5.41) is 2.82. The molecule has 0 unspecified atom stereocenters. The van der Waals surface area contributed by atoms with Crippen molar-refractivity contribution in [3.05, 3.63) is 18.2 Å². The van der Waals surface area contributed by atoms with Crippen LogP contribution in [0.2, 0.25) is 0 Å². The molecule has 1 heterocycles. The average Bonchev–Trinajstić information content (AvgIpc) is 2.62. The molecule has 110 valence electrons. The molecule has 0 aromatic heterocycles. The summed E-state index contributed by atoms with van der Waals surface area (Å²) in [6, 6.07) is 4.89. The number of ether oxygens (including phenoxy) is 2. The highest BCUT2D eigenvalue weighted by molar-refractivity contribution is 5.94. The second kappa shape index (κ2) is 6.61. The van der Waals surface area contributed by atoms with E-state index in [2.05, 4.69) is 5.32 Å². The van der Waals surface area contributed by atoms with Crippen molar-refractivity contribution in [1.82, 2.24) is 0 Å². The molecular formula is C15H22N2O3. The number of nitrogens with two attached hydrogens (primary N) is 1. The molecule has 1 atom stereocenters. The van der Waals surface area contributed by atoms with Crippen LogP contribution in [0, 0.1) is 5.92 Å². The van der Waals surface area contributed by atoms with Crippen LogP contribution in [0.5, 0.6) is 11.5 Å². The van der Waals surface area contributed by atoms with Crippen molar-refractivity contribution in [3.8, 4) is 11.5 Å². The Balaban J connectivity index is 2.03. The minimum absolute atomic E-state index is 0.173. The van der Waals surface area contributed by atoms with Gasteiger partial charge in [0.1, 0.15) is 0 Å². The lowest BCUT2D eigenvalue weighted by molar-refractivity contribution is -0.117. The van der Waals surface area contributed by atoms with Crippen molar-refractivity contribution in [1.29, 1.82) is 0 Å². The fraction of sp³-hybridized carbons (Fsp3) is 0.533. The molecule has 1 aromatic carbocycles. The van der Waals surface area contributed by atoms with Crippen molar-refractivity contribution in [3.63, 3.8) is 0 Å². The van der Waals surface area contributed by atoms with Gasteiger partial charge in [-0.15, -0.1) is 0 Å². The predicted octanol–water partition coefficient (Wildman–Crippen LogP) is 2.16. The number of rotatable bonds is 4. The van der Waals surface area contributed by atoms with E-state index in [9.17, 15) is 4.79 Å². The number of hydrogen-bond acceptors (Lipinski definition) is 4. The molecule has 20 heavy (non-hydrogen) atoms. The summed E-state index contributed by atoms with van der Waals surface area (Å²) in [7, 11) is 0. The zero-order valence-electron chi connectivity index (χ0n) is 12.0. The van der Waals surface area contributed by atoms with Gasteiger partial charge in [-0.1, -0.05) is 13.8 Å². The van der Waals surface area contributed by atoms with Gasteiger partial charge in [-0.2, -0.15) is 0 Å². The molecule has 1 aliphatic heterocycles. The van der Waals surface area contributed by atoms with Gasteiger partial charge >= 0.3 is 0 Å². The van der Waals surface area contributed by atoms with Crippen LogP contribution < -0.4 is 20.5 Å². The summed E-state index contributed by atoms with van der Waals surface area (Å²) >= 11 is 0. The molecule has 5 heteroatoms. The van der Waals surface area contributed by atoms with Gasteiger partial charge in [0.2, 0.25) is 5.91 Å². The van der Waals surface area contributed by atoms with E-state index in [0.29, 0.717) is 42.7 Å². The number of hydrogen-bond donors (Lipinski definition) is 2. The first-order valence-electron chi connectivity index (χ1n) is 7.02. The van der Waals surface area contributed by atoms with Crippen molar-refractivity contribution in [2.75, 3.05) is 18.5 Å². The van der Waals surface area contributed by atoms with Crippen LogP contribution in [0.1, 0.15) is 26.7 Å². The lowest BCUT2D eigenvalue weighted by Crippen LogP contribution is -2.36. The zero-order chi connectivity index (χ0) is 14.5. The number of anilines is 1. The molecule has 2 rings (SSSR count). The normalized spacial score (nSPS) is 15.6. The maximum Gasteiger partial charge on any atom is 0.241 e. The van der Waals surface area contributed by atoms with Gasteiger partial charge in [0.25, 0.3) is 0 Å². The first-order chi connectivity index (χ1) is 9.56. The molecule has 1 aromatic rings. The third kappa shape index (κ3) is 3.87. The van der Waals surface area contributed by atoms with E-state index in [4.69, 9.17) is 15.2 Å². The van der Waals surface area contributed by atoms with E-state index < -0.39 is 6.04 Å². The van der Waals surface area contributed by atoms with Crippen molar-refractivity contribution in [2.24, 2.45) is 11.7 Å². The molecule has 0 spiro atoms. The molecule has 5 nitrogen and oxygen atoms in total. The molecule has 0 saturated carbocycles. The molecule has 1 amide bonds. The van der Waals surface area contributed by atoms with Crippen molar-refractivity contribution in [2.45, 2.75) is 32.7 Å². The highest BCUT2D eigenvalue weighted by Crippen LogP contribution is 2.32. The van der Waals surface area contributed by atoms with Crippen LogP contribution in [0.15, 0.2) is 18.2 Å². The van der Waals surface area contributed by atoms with Gasteiger partial charge in [-0.3, -0.25) is 4.79 Å². The topological polar surface area (TPSA) is 73.6 Å². The minimum Gasteiger partial charge on any atom is -0.490 e. The zero-order valence-corrected chi connectivity index (χ0v) is 12.0. The van der Waals surface area contributed by atoms with Crippen molar-refractivity contribution >= 4 is 11.6 Å². The molecule has 0 fully saturated rings. The minimum atomic E-state index is -0.494. The van der Waals surface area contributed by atoms with Crippen LogP contribution in [-0.4, -0.2) is 25.2 Å². The Morgan fingerprint density at radius 3 is 2.70 bits per heavy atom. The van der Waals surface area contributed by atoms with Gasteiger partial charge in [0, 0.05) is 18.2 Å². The lowest BCUT2D eigenvalue weighted by Gasteiger charge is -2.15. The number of benzene rings is 1. The fourth-order valence-electron chi connectivity index (χ4n) is 2.09. The summed E-state index contributed by atoms with van der Waals surface area (Å²) in [4.78, 5) is 12.0. The van der Waals surface area contributed by atoms with Gasteiger partial charge in [-0.25, -0.2) is 0 Å². The number of carbonyl (C=O) groups excluding carboxylic acids is 1. The molecule has 0 aliphatic carbocycles. The quantitative estimate of drug-likeness (QED) is 0.885. The van der Waals surface area contributed by atoms with E-state index in [-0.39, 0.29) is 5.91 Å². The summed E-state index contributed by atoms with van der Waals surface area (Å²) in [5.41, 5.74) is 6.54. The Labute approximate surface area is 119 Å². The monoisotopic (exact) mass is 278 g/mol. The maximum atomic E-state index is 12.0. The smallest absolute Gasteiger partial charge is 0.241 e. The second-order valence-corrected chi connectivity index (χ2v) is 5.44. The second-order valence-electron chi connectivity index (χ2n) is 5.44. The summed E-state index contributed by atoms with van der Waals surface area (Å²) in [6.45, 7) is 5.36. The summed E-state index contributed by atoms with van der Waals surface area (Å²) in [6.07, 6.45) is 1.52. The first-order valence-corrected chi connectivity index (χ1v) is 7.02. The Hall–Kier alpha value is -1.75. The molecule has 0 bridgehead atoms. The van der Waals surface area contributed by atoms with Crippen LogP contribution in [-0.2, 0) is 4.79 Å². The average molecular weight is 278 g/mol. The number of amides is 1. The van der Waals surface area contributed by atoms with Gasteiger partial charge in [0.15, 0.2) is 11.5 Å². The number of nitrogens with one attached hydrogen (secondary N) is 1. The van der Waals surface area contributed by atoms with Crippen LogP contribution in [0.3, 0.4) is 0 Å². The SMILES string of the molecule is CC(C)C[C@H](N)C(=O)Nc1ccc2c(c1)OCCCO2. The number of carbonyl (C=O) groups is 1. The third-order valence-electron chi connectivity index (χ3n) is 3.08. The van der Waals surface area contributed by atoms with Crippen LogP contribution >= 0.6 is 0 Å². The highest BCUT2D eigenvalue weighted by Gasteiger charge is 2.16. The summed E-state index contributed by atoms with van der Waals surface area (Å²) in [5.74, 6) is 1.59. The van der Waals surface area contributed by atoms with Crippen LogP contribution in [0.4, 0.5) is 5.69 Å². The largest absolute Gasteiger partial charge is 0.490 e. The highest BCUT2D eigenvalue weighted by atomic mass is 16.5. The van der Waals surface area contributed by atoms with Crippen LogP contribution in [0.25, 0.3) is 0 Å². The molecule has 0 radical (unpaired) electrons. The molecule has 3 N–H and O–H groups in total. The Bertz CT molecular complexity index is 474. The Kier molecular flexibility index (Phi) is 4.84.